The Morgan fingerprint density at radius 3 is 2.72 bits per heavy atom. The summed E-state index contributed by atoms with van der Waals surface area (Å²) in [6.07, 6.45) is 0.620. The summed E-state index contributed by atoms with van der Waals surface area (Å²) in [5.41, 5.74) is 1.48. The Morgan fingerprint density at radius 2 is 1.94 bits per heavy atom. The number of aryl methyl sites for hydroxylation is 2. The Hall–Kier alpha value is -3.10. The predicted octanol–water partition coefficient (Wildman–Crippen LogP) is 4.10. The molecule has 166 valence electrons. The van der Waals surface area contributed by atoms with Gasteiger partial charge in [0, 0.05) is 18.5 Å². The third-order valence-corrected chi connectivity index (χ3v) is 5.51. The molecule has 2 aromatic heterocycles. The molecule has 0 unspecified atom stereocenters. The molecular formula is C22H20Cl2N4O4. The third kappa shape index (κ3) is 4.42. The quantitative estimate of drug-likeness (QED) is 0.296. The summed E-state index contributed by atoms with van der Waals surface area (Å²) >= 11 is 11.9. The fraction of sp³-hybridized carbons (Fsp3) is 0.273. The van der Waals surface area contributed by atoms with Crippen LogP contribution in [-0.2, 0) is 23.2 Å². The van der Waals surface area contributed by atoms with Crippen molar-refractivity contribution in [3.63, 3.8) is 0 Å². The van der Waals surface area contributed by atoms with Crippen LogP contribution >= 0.6 is 23.2 Å². The van der Waals surface area contributed by atoms with Crippen molar-refractivity contribution in [2.45, 2.75) is 26.4 Å². The van der Waals surface area contributed by atoms with Gasteiger partial charge in [-0.2, -0.15) is 0 Å². The van der Waals surface area contributed by atoms with Gasteiger partial charge in [-0.25, -0.2) is 0 Å². The second kappa shape index (κ2) is 9.18. The Kier molecular flexibility index (Phi) is 6.34. The minimum absolute atomic E-state index is 0.0644. The van der Waals surface area contributed by atoms with E-state index in [4.69, 9.17) is 32.7 Å². The SMILES string of the molecule is Cc1ccc2c(c1)c(=O)n(C)c1nnc(COC(=O)CCCOc3ccc(Cl)cc3Cl)n21. The zero-order chi connectivity index (χ0) is 22.8. The van der Waals surface area contributed by atoms with E-state index in [1.807, 2.05) is 25.1 Å². The van der Waals surface area contributed by atoms with Crippen molar-refractivity contribution in [1.29, 1.82) is 0 Å². The molecule has 0 bridgehead atoms. The molecule has 0 aliphatic rings. The first kappa shape index (κ1) is 22.1. The Labute approximate surface area is 193 Å². The lowest BCUT2D eigenvalue weighted by atomic mass is 10.1. The number of benzene rings is 2. The first-order valence-electron chi connectivity index (χ1n) is 9.92. The molecule has 0 N–H and O–H groups in total. The van der Waals surface area contributed by atoms with Crippen molar-refractivity contribution >= 4 is 45.9 Å². The monoisotopic (exact) mass is 474 g/mol. The number of esters is 1. The molecule has 4 rings (SSSR count). The summed E-state index contributed by atoms with van der Waals surface area (Å²) < 4.78 is 14.1. The maximum Gasteiger partial charge on any atom is 0.306 e. The van der Waals surface area contributed by atoms with Gasteiger partial charge < -0.3 is 9.47 Å². The molecule has 0 spiro atoms. The number of fused-ring (bicyclic) bond motifs is 3. The molecule has 0 fully saturated rings. The van der Waals surface area contributed by atoms with Crippen LogP contribution in [0.2, 0.25) is 10.0 Å². The molecule has 0 saturated carbocycles. The molecule has 0 aliphatic carbocycles. The summed E-state index contributed by atoms with van der Waals surface area (Å²) in [6, 6.07) is 10.5. The van der Waals surface area contributed by atoms with Crippen LogP contribution in [0.4, 0.5) is 0 Å². The number of aromatic nitrogens is 4. The van der Waals surface area contributed by atoms with E-state index in [9.17, 15) is 9.59 Å². The van der Waals surface area contributed by atoms with Gasteiger partial charge >= 0.3 is 5.97 Å². The van der Waals surface area contributed by atoms with Crippen LogP contribution in [0.25, 0.3) is 16.7 Å². The minimum Gasteiger partial charge on any atom is -0.492 e. The lowest BCUT2D eigenvalue weighted by Crippen LogP contribution is -2.20. The number of hydrogen-bond donors (Lipinski definition) is 0. The maximum absolute atomic E-state index is 12.6. The van der Waals surface area contributed by atoms with Gasteiger partial charge in [-0.3, -0.25) is 18.6 Å². The van der Waals surface area contributed by atoms with E-state index in [2.05, 4.69) is 10.2 Å². The number of nitrogens with zero attached hydrogens (tertiary/aromatic N) is 4. The lowest BCUT2D eigenvalue weighted by molar-refractivity contribution is -0.145. The van der Waals surface area contributed by atoms with Crippen LogP contribution in [0.3, 0.4) is 0 Å². The summed E-state index contributed by atoms with van der Waals surface area (Å²) in [5, 5.41) is 9.70. The van der Waals surface area contributed by atoms with Crippen molar-refractivity contribution in [2.24, 2.45) is 7.05 Å². The maximum atomic E-state index is 12.6. The highest BCUT2D eigenvalue weighted by atomic mass is 35.5. The number of carbonyl (C=O) groups excluding carboxylic acids is 1. The van der Waals surface area contributed by atoms with Gasteiger partial charge in [0.15, 0.2) is 12.4 Å². The average molecular weight is 475 g/mol. The molecule has 2 heterocycles. The molecule has 8 nitrogen and oxygen atoms in total. The summed E-state index contributed by atoms with van der Waals surface area (Å²) in [7, 11) is 1.64. The molecule has 32 heavy (non-hydrogen) atoms. The number of rotatable bonds is 7. The molecular weight excluding hydrogens is 455 g/mol. The zero-order valence-electron chi connectivity index (χ0n) is 17.5. The van der Waals surface area contributed by atoms with Crippen LogP contribution in [0, 0.1) is 6.92 Å². The normalized spacial score (nSPS) is 11.2. The van der Waals surface area contributed by atoms with Crippen molar-refractivity contribution < 1.29 is 14.3 Å². The van der Waals surface area contributed by atoms with Crippen LogP contribution in [0.1, 0.15) is 24.2 Å². The molecule has 2 aromatic carbocycles. The van der Waals surface area contributed by atoms with Gasteiger partial charge in [0.05, 0.1) is 22.5 Å². The number of carbonyl (C=O) groups is 1. The standard InChI is InChI=1S/C22H20Cl2N4O4/c1-13-5-7-17-15(10-13)21(30)27(2)22-26-25-19(28(17)22)12-32-20(29)4-3-9-31-18-8-6-14(23)11-16(18)24/h5-8,10-11H,3-4,9,12H2,1-2H3. The minimum atomic E-state index is -0.391. The first-order valence-corrected chi connectivity index (χ1v) is 10.7. The van der Waals surface area contributed by atoms with Crippen LogP contribution < -0.4 is 10.3 Å². The fourth-order valence-electron chi connectivity index (χ4n) is 3.36. The van der Waals surface area contributed by atoms with Crippen molar-refractivity contribution in [3.8, 4) is 5.75 Å². The molecule has 10 heteroatoms. The van der Waals surface area contributed by atoms with E-state index in [1.54, 1.807) is 29.6 Å². The average Bonchev–Trinajstić information content (AvgIpc) is 3.19. The van der Waals surface area contributed by atoms with E-state index in [0.717, 1.165) is 5.56 Å². The Balaban J connectivity index is 1.40. The van der Waals surface area contributed by atoms with Gasteiger partial charge in [-0.15, -0.1) is 10.2 Å². The number of halogens is 2. The Bertz CT molecular complexity index is 1380. The second-order valence-electron chi connectivity index (χ2n) is 7.32. The molecule has 0 amide bonds. The number of ether oxygens (including phenoxy) is 2. The fourth-order valence-corrected chi connectivity index (χ4v) is 3.82. The van der Waals surface area contributed by atoms with Gasteiger partial charge in [0.2, 0.25) is 5.78 Å². The van der Waals surface area contributed by atoms with Crippen LogP contribution in [0.5, 0.6) is 5.75 Å². The highest BCUT2D eigenvalue weighted by Gasteiger charge is 2.16. The van der Waals surface area contributed by atoms with Crippen molar-refractivity contribution in [1.82, 2.24) is 19.2 Å². The molecule has 4 aromatic rings. The van der Waals surface area contributed by atoms with E-state index in [0.29, 0.717) is 51.3 Å². The van der Waals surface area contributed by atoms with Gasteiger partial charge in [-0.1, -0.05) is 34.8 Å². The topological polar surface area (TPSA) is 87.7 Å². The first-order chi connectivity index (χ1) is 15.3. The van der Waals surface area contributed by atoms with Gasteiger partial charge in [0.25, 0.3) is 5.56 Å². The van der Waals surface area contributed by atoms with Crippen LogP contribution in [-0.4, -0.2) is 31.7 Å². The van der Waals surface area contributed by atoms with E-state index in [1.165, 1.54) is 4.57 Å². The molecule has 0 aliphatic heterocycles. The van der Waals surface area contributed by atoms with E-state index in [-0.39, 0.29) is 18.6 Å². The van der Waals surface area contributed by atoms with Crippen molar-refractivity contribution in [3.05, 3.63) is 68.2 Å². The Morgan fingerprint density at radius 1 is 1.12 bits per heavy atom. The largest absolute Gasteiger partial charge is 0.492 e. The van der Waals surface area contributed by atoms with E-state index < -0.39 is 5.97 Å². The van der Waals surface area contributed by atoms with Crippen molar-refractivity contribution in [2.75, 3.05) is 6.61 Å². The second-order valence-corrected chi connectivity index (χ2v) is 8.17. The lowest BCUT2D eigenvalue weighted by Gasteiger charge is -2.09. The summed E-state index contributed by atoms with van der Waals surface area (Å²) in [4.78, 5) is 24.8. The third-order valence-electron chi connectivity index (χ3n) is 4.98. The summed E-state index contributed by atoms with van der Waals surface area (Å²) in [5.74, 6) is 0.928. The smallest absolute Gasteiger partial charge is 0.306 e. The van der Waals surface area contributed by atoms with E-state index >= 15 is 0 Å². The molecule has 0 atom stereocenters. The number of hydrogen-bond acceptors (Lipinski definition) is 6. The van der Waals surface area contributed by atoms with Crippen LogP contribution in [0.15, 0.2) is 41.2 Å². The van der Waals surface area contributed by atoms with Gasteiger partial charge in [0.1, 0.15) is 5.75 Å². The highest BCUT2D eigenvalue weighted by molar-refractivity contribution is 6.35. The van der Waals surface area contributed by atoms with Gasteiger partial charge in [-0.05, 0) is 43.7 Å². The molecule has 0 saturated heterocycles. The predicted molar refractivity (Wildman–Crippen MR) is 121 cm³/mol. The zero-order valence-corrected chi connectivity index (χ0v) is 19.0. The molecule has 0 radical (unpaired) electrons. The highest BCUT2D eigenvalue weighted by Crippen LogP contribution is 2.27. The summed E-state index contributed by atoms with van der Waals surface area (Å²) in [6.45, 7) is 2.16.